The smallest absolute Gasteiger partial charge is 0.313 e. The SMILES string of the molecule is CNCc1nnc(C(F)(F)F)s1. The van der Waals surface area contributed by atoms with Gasteiger partial charge in [-0.15, -0.1) is 10.2 Å². The van der Waals surface area contributed by atoms with Gasteiger partial charge in [0.15, 0.2) is 0 Å². The third-order valence-electron chi connectivity index (χ3n) is 1.04. The van der Waals surface area contributed by atoms with Crippen LogP contribution in [-0.4, -0.2) is 17.2 Å². The van der Waals surface area contributed by atoms with E-state index in [9.17, 15) is 13.2 Å². The van der Waals surface area contributed by atoms with Gasteiger partial charge in [0, 0.05) is 6.54 Å². The van der Waals surface area contributed by atoms with E-state index in [2.05, 4.69) is 15.5 Å². The van der Waals surface area contributed by atoms with Crippen LogP contribution in [0.4, 0.5) is 13.2 Å². The van der Waals surface area contributed by atoms with Crippen molar-refractivity contribution in [2.24, 2.45) is 0 Å². The van der Waals surface area contributed by atoms with E-state index in [1.807, 2.05) is 0 Å². The molecular weight excluding hydrogens is 191 g/mol. The molecule has 12 heavy (non-hydrogen) atoms. The zero-order valence-corrected chi connectivity index (χ0v) is 6.96. The van der Waals surface area contributed by atoms with Crippen LogP contribution in [0.3, 0.4) is 0 Å². The summed E-state index contributed by atoms with van der Waals surface area (Å²) in [6.07, 6.45) is -4.37. The topological polar surface area (TPSA) is 37.8 Å². The van der Waals surface area contributed by atoms with Gasteiger partial charge < -0.3 is 5.32 Å². The van der Waals surface area contributed by atoms with Gasteiger partial charge in [0.25, 0.3) is 0 Å². The van der Waals surface area contributed by atoms with E-state index in [0.717, 1.165) is 0 Å². The molecular formula is C5H6F3N3S. The van der Waals surface area contributed by atoms with Crippen molar-refractivity contribution < 1.29 is 13.2 Å². The fraction of sp³-hybridized carbons (Fsp3) is 0.600. The predicted octanol–water partition coefficient (Wildman–Crippen LogP) is 1.28. The molecule has 0 amide bonds. The molecule has 0 aliphatic heterocycles. The Labute approximate surface area is 70.6 Å². The van der Waals surface area contributed by atoms with E-state index in [4.69, 9.17) is 0 Å². The molecule has 0 spiro atoms. The first-order chi connectivity index (χ1) is 5.54. The van der Waals surface area contributed by atoms with Gasteiger partial charge >= 0.3 is 6.18 Å². The fourth-order valence-corrected chi connectivity index (χ4v) is 1.31. The molecule has 1 N–H and O–H groups in total. The number of aromatic nitrogens is 2. The average molecular weight is 197 g/mol. The lowest BCUT2D eigenvalue weighted by molar-refractivity contribution is -0.138. The third-order valence-corrected chi connectivity index (χ3v) is 2.01. The highest BCUT2D eigenvalue weighted by molar-refractivity contribution is 7.11. The maximum Gasteiger partial charge on any atom is 0.445 e. The number of hydrogen-bond donors (Lipinski definition) is 1. The molecule has 1 aromatic heterocycles. The van der Waals surface area contributed by atoms with Crippen molar-refractivity contribution in [3.05, 3.63) is 10.0 Å². The molecule has 0 saturated carbocycles. The van der Waals surface area contributed by atoms with Crippen LogP contribution in [0.2, 0.25) is 0 Å². The van der Waals surface area contributed by atoms with Gasteiger partial charge in [-0.1, -0.05) is 11.3 Å². The number of halogens is 3. The number of rotatable bonds is 2. The number of hydrogen-bond acceptors (Lipinski definition) is 4. The first kappa shape index (κ1) is 9.40. The van der Waals surface area contributed by atoms with Gasteiger partial charge in [0.2, 0.25) is 5.01 Å². The average Bonchev–Trinajstić information content (AvgIpc) is 2.35. The molecule has 1 aromatic rings. The lowest BCUT2D eigenvalue weighted by atomic mass is 10.7. The summed E-state index contributed by atoms with van der Waals surface area (Å²) in [6, 6.07) is 0. The number of alkyl halides is 3. The molecule has 1 rings (SSSR count). The lowest BCUT2D eigenvalue weighted by Gasteiger charge is -1.97. The second-order valence-corrected chi connectivity index (χ2v) is 3.09. The summed E-state index contributed by atoms with van der Waals surface area (Å²) in [4.78, 5) is 0. The van der Waals surface area contributed by atoms with E-state index < -0.39 is 11.2 Å². The molecule has 3 nitrogen and oxygen atoms in total. The summed E-state index contributed by atoms with van der Waals surface area (Å²) >= 11 is 0.555. The molecule has 68 valence electrons. The Hall–Kier alpha value is -0.690. The predicted molar refractivity (Wildman–Crippen MR) is 37.7 cm³/mol. The van der Waals surface area contributed by atoms with E-state index in [0.29, 0.717) is 22.9 Å². The maximum atomic E-state index is 11.9. The minimum Gasteiger partial charge on any atom is -0.313 e. The minimum absolute atomic E-state index is 0.313. The normalized spacial score (nSPS) is 12.0. The highest BCUT2D eigenvalue weighted by Crippen LogP contribution is 2.31. The Morgan fingerprint density at radius 2 is 2.08 bits per heavy atom. The van der Waals surface area contributed by atoms with Crippen LogP contribution in [-0.2, 0) is 12.7 Å². The van der Waals surface area contributed by atoms with Crippen molar-refractivity contribution >= 4 is 11.3 Å². The number of nitrogens with one attached hydrogen (secondary N) is 1. The van der Waals surface area contributed by atoms with Crippen molar-refractivity contribution in [2.75, 3.05) is 7.05 Å². The second-order valence-electron chi connectivity index (χ2n) is 2.03. The first-order valence-electron chi connectivity index (χ1n) is 3.08. The van der Waals surface area contributed by atoms with Crippen molar-refractivity contribution in [1.82, 2.24) is 15.5 Å². The quantitative estimate of drug-likeness (QED) is 0.776. The first-order valence-corrected chi connectivity index (χ1v) is 3.90. The van der Waals surface area contributed by atoms with E-state index in [-0.39, 0.29) is 0 Å². The van der Waals surface area contributed by atoms with Crippen molar-refractivity contribution in [3.8, 4) is 0 Å². The summed E-state index contributed by atoms with van der Waals surface area (Å²) in [5, 5.41) is 8.50. The highest BCUT2D eigenvalue weighted by Gasteiger charge is 2.35. The standard InChI is InChI=1S/C5H6F3N3S/c1-9-2-3-10-11-4(12-3)5(6,7)8/h9H,2H2,1H3. The molecule has 0 fully saturated rings. The fourth-order valence-electron chi connectivity index (χ4n) is 0.591. The van der Waals surface area contributed by atoms with Crippen LogP contribution < -0.4 is 5.32 Å². The highest BCUT2D eigenvalue weighted by atomic mass is 32.1. The Morgan fingerprint density at radius 3 is 2.50 bits per heavy atom. The van der Waals surface area contributed by atoms with Crippen molar-refractivity contribution in [1.29, 1.82) is 0 Å². The largest absolute Gasteiger partial charge is 0.445 e. The molecule has 0 unspecified atom stereocenters. The molecule has 0 aliphatic carbocycles. The zero-order chi connectivity index (χ0) is 9.19. The van der Waals surface area contributed by atoms with Crippen molar-refractivity contribution in [2.45, 2.75) is 12.7 Å². The number of nitrogens with zero attached hydrogens (tertiary/aromatic N) is 2. The van der Waals surface area contributed by atoms with Gasteiger partial charge in [-0.25, -0.2) is 0 Å². The Morgan fingerprint density at radius 1 is 1.42 bits per heavy atom. The van der Waals surface area contributed by atoms with Crippen LogP contribution in [0, 0.1) is 0 Å². The molecule has 0 radical (unpaired) electrons. The summed E-state index contributed by atoms with van der Waals surface area (Å²) in [5.41, 5.74) is 0. The Bertz CT molecular complexity index is 257. The van der Waals surface area contributed by atoms with Gasteiger partial charge in [0.05, 0.1) is 0 Å². The van der Waals surface area contributed by atoms with Crippen LogP contribution in [0.1, 0.15) is 10.0 Å². The third kappa shape index (κ3) is 2.15. The van der Waals surface area contributed by atoms with E-state index >= 15 is 0 Å². The van der Waals surface area contributed by atoms with Crippen LogP contribution in [0.15, 0.2) is 0 Å². The van der Waals surface area contributed by atoms with Crippen LogP contribution >= 0.6 is 11.3 Å². The monoisotopic (exact) mass is 197 g/mol. The summed E-state index contributed by atoms with van der Waals surface area (Å²) in [6.45, 7) is 0.313. The molecule has 0 atom stereocenters. The van der Waals surface area contributed by atoms with Crippen molar-refractivity contribution in [3.63, 3.8) is 0 Å². The Kier molecular flexibility index (Phi) is 2.63. The van der Waals surface area contributed by atoms with E-state index in [1.54, 1.807) is 7.05 Å². The molecule has 7 heteroatoms. The van der Waals surface area contributed by atoms with Gasteiger partial charge in [-0.05, 0) is 7.05 Å². The van der Waals surface area contributed by atoms with Gasteiger partial charge in [-0.2, -0.15) is 13.2 Å². The van der Waals surface area contributed by atoms with Gasteiger partial charge in [0.1, 0.15) is 5.01 Å². The Balaban J connectivity index is 2.77. The van der Waals surface area contributed by atoms with Crippen LogP contribution in [0.5, 0.6) is 0 Å². The second kappa shape index (κ2) is 3.36. The zero-order valence-electron chi connectivity index (χ0n) is 6.14. The minimum atomic E-state index is -4.37. The lowest BCUT2D eigenvalue weighted by Crippen LogP contribution is -2.04. The van der Waals surface area contributed by atoms with Crippen LogP contribution in [0.25, 0.3) is 0 Å². The molecule has 1 heterocycles. The molecule has 0 saturated heterocycles. The molecule has 0 aromatic carbocycles. The summed E-state index contributed by atoms with van der Waals surface area (Å²) < 4.78 is 35.8. The van der Waals surface area contributed by atoms with E-state index in [1.165, 1.54) is 0 Å². The summed E-state index contributed by atoms with van der Waals surface area (Å²) in [7, 11) is 1.63. The molecule has 0 bridgehead atoms. The van der Waals surface area contributed by atoms with Gasteiger partial charge in [-0.3, -0.25) is 0 Å². The summed E-state index contributed by atoms with van der Waals surface area (Å²) in [5.74, 6) is 0. The maximum absolute atomic E-state index is 11.9. The molecule has 0 aliphatic rings.